The zero-order valence-electron chi connectivity index (χ0n) is 19.3. The Hall–Kier alpha value is -2.66. The van der Waals surface area contributed by atoms with Crippen molar-refractivity contribution in [2.75, 3.05) is 50.9 Å². The van der Waals surface area contributed by atoms with E-state index in [-0.39, 0.29) is 23.3 Å². The molecule has 1 aromatic heterocycles. The number of ether oxygens (including phenoxy) is 2. The lowest BCUT2D eigenvalue weighted by atomic mass is 10.3. The molecule has 0 spiro atoms. The highest BCUT2D eigenvalue weighted by Crippen LogP contribution is 2.30. The third kappa shape index (κ3) is 5.35. The van der Waals surface area contributed by atoms with Crippen molar-refractivity contribution in [1.29, 1.82) is 0 Å². The van der Waals surface area contributed by atoms with E-state index < -0.39 is 0 Å². The lowest BCUT2D eigenvalue weighted by Crippen LogP contribution is -2.51. The monoisotopic (exact) mass is 504 g/mol. The molecule has 0 aliphatic carbocycles. The number of rotatable bonds is 7. The first-order chi connectivity index (χ1) is 16.5. The van der Waals surface area contributed by atoms with Crippen molar-refractivity contribution in [2.24, 2.45) is 0 Å². The minimum absolute atomic E-state index is 0.0455. The number of thioether (sulfide) groups is 2. The second-order valence-electron chi connectivity index (χ2n) is 7.69. The van der Waals surface area contributed by atoms with E-state index >= 15 is 0 Å². The van der Waals surface area contributed by atoms with Gasteiger partial charge in [0.2, 0.25) is 5.91 Å². The molecule has 1 saturated heterocycles. The Morgan fingerprint density at radius 3 is 2.44 bits per heavy atom. The van der Waals surface area contributed by atoms with Gasteiger partial charge in [-0.05, 0) is 38.1 Å². The molecule has 2 aromatic rings. The van der Waals surface area contributed by atoms with Crippen molar-refractivity contribution in [1.82, 2.24) is 19.4 Å². The van der Waals surface area contributed by atoms with Gasteiger partial charge >= 0.3 is 6.09 Å². The van der Waals surface area contributed by atoms with Gasteiger partial charge in [-0.25, -0.2) is 9.78 Å². The highest BCUT2D eigenvalue weighted by Gasteiger charge is 2.26. The quantitative estimate of drug-likeness (QED) is 0.420. The lowest BCUT2D eigenvalue weighted by Gasteiger charge is -2.34. The second kappa shape index (κ2) is 11.2. The molecule has 1 aromatic carbocycles. The standard InChI is InChI=1S/C23H28N4O5S2/c1-3-31-17-7-5-16(6-8-17)27-21(29)20-18(9-14-33-20)24-22(27)34-15-19(28)25-10-12-26(13-11-25)23(30)32-4-2/h5-8H,3-4,9-15H2,1-2H3. The summed E-state index contributed by atoms with van der Waals surface area (Å²) in [6, 6.07) is 7.32. The fourth-order valence-electron chi connectivity index (χ4n) is 3.85. The van der Waals surface area contributed by atoms with Gasteiger partial charge in [0.25, 0.3) is 5.56 Å². The molecular formula is C23H28N4O5S2. The van der Waals surface area contributed by atoms with Crippen molar-refractivity contribution in [3.8, 4) is 11.4 Å². The molecule has 34 heavy (non-hydrogen) atoms. The maximum absolute atomic E-state index is 13.3. The van der Waals surface area contributed by atoms with E-state index in [2.05, 4.69) is 0 Å². The normalized spacial score (nSPS) is 15.2. The molecule has 0 unspecified atom stereocenters. The summed E-state index contributed by atoms with van der Waals surface area (Å²) in [5.74, 6) is 1.68. The molecule has 0 radical (unpaired) electrons. The molecular weight excluding hydrogens is 476 g/mol. The lowest BCUT2D eigenvalue weighted by molar-refractivity contribution is -0.129. The Morgan fingerprint density at radius 2 is 1.76 bits per heavy atom. The van der Waals surface area contributed by atoms with Crippen LogP contribution < -0.4 is 10.3 Å². The third-order valence-corrected chi connectivity index (χ3v) is 7.59. The Balaban J connectivity index is 1.49. The van der Waals surface area contributed by atoms with E-state index in [9.17, 15) is 14.4 Å². The number of piperazine rings is 1. The first-order valence-electron chi connectivity index (χ1n) is 11.4. The highest BCUT2D eigenvalue weighted by atomic mass is 32.2. The number of amides is 2. The molecule has 1 fully saturated rings. The van der Waals surface area contributed by atoms with Crippen LogP contribution in [0, 0.1) is 0 Å². The van der Waals surface area contributed by atoms with E-state index in [0.717, 1.165) is 23.6 Å². The van der Waals surface area contributed by atoms with Gasteiger partial charge in [-0.3, -0.25) is 14.2 Å². The van der Waals surface area contributed by atoms with Crippen molar-refractivity contribution in [2.45, 2.75) is 30.3 Å². The van der Waals surface area contributed by atoms with Crippen molar-refractivity contribution in [3.63, 3.8) is 0 Å². The van der Waals surface area contributed by atoms with E-state index in [0.29, 0.717) is 55.1 Å². The van der Waals surface area contributed by atoms with Crippen molar-refractivity contribution < 1.29 is 19.1 Å². The van der Waals surface area contributed by atoms with Crippen LogP contribution in [0.25, 0.3) is 5.69 Å². The number of fused-ring (bicyclic) bond motifs is 1. The fourth-order valence-corrected chi connectivity index (χ4v) is 5.80. The Labute approximate surface area is 206 Å². The van der Waals surface area contributed by atoms with E-state index in [1.807, 2.05) is 31.2 Å². The number of benzene rings is 1. The fraction of sp³-hybridized carbons (Fsp3) is 0.478. The SMILES string of the molecule is CCOC(=O)N1CCN(C(=O)CSc2nc3c(c(=O)n2-c2ccc(OCC)cc2)SCC3)CC1. The maximum atomic E-state index is 13.3. The van der Waals surface area contributed by atoms with Gasteiger partial charge in [0, 0.05) is 38.4 Å². The molecule has 0 N–H and O–H groups in total. The van der Waals surface area contributed by atoms with Crippen LogP contribution in [0.5, 0.6) is 5.75 Å². The number of aryl methyl sites for hydroxylation is 1. The molecule has 2 aliphatic heterocycles. The van der Waals surface area contributed by atoms with Gasteiger partial charge in [-0.15, -0.1) is 11.8 Å². The van der Waals surface area contributed by atoms with Crippen LogP contribution in [0.1, 0.15) is 19.5 Å². The number of hydrogen-bond acceptors (Lipinski definition) is 8. The molecule has 0 bridgehead atoms. The molecule has 0 saturated carbocycles. The van der Waals surface area contributed by atoms with Crippen molar-refractivity contribution >= 4 is 35.5 Å². The van der Waals surface area contributed by atoms with Crippen LogP contribution in [0.3, 0.4) is 0 Å². The number of hydrogen-bond donors (Lipinski definition) is 0. The number of nitrogens with zero attached hydrogens (tertiary/aromatic N) is 4. The van der Waals surface area contributed by atoms with Gasteiger partial charge in [0.05, 0.1) is 35.2 Å². The van der Waals surface area contributed by atoms with Crippen molar-refractivity contribution in [3.05, 3.63) is 40.3 Å². The molecule has 4 rings (SSSR count). The van der Waals surface area contributed by atoms with Gasteiger partial charge in [-0.1, -0.05) is 11.8 Å². The first kappa shape index (κ1) is 24.5. The summed E-state index contributed by atoms with van der Waals surface area (Å²) in [7, 11) is 0. The molecule has 182 valence electrons. The van der Waals surface area contributed by atoms with E-state index in [4.69, 9.17) is 14.5 Å². The second-order valence-corrected chi connectivity index (χ2v) is 9.74. The summed E-state index contributed by atoms with van der Waals surface area (Å²) < 4.78 is 12.1. The molecule has 2 aliphatic rings. The van der Waals surface area contributed by atoms with Crippen LogP contribution in [-0.2, 0) is 16.0 Å². The number of carbonyl (C=O) groups excluding carboxylic acids is 2. The molecule has 2 amide bonds. The smallest absolute Gasteiger partial charge is 0.409 e. The predicted octanol–water partition coefficient (Wildman–Crippen LogP) is 2.67. The summed E-state index contributed by atoms with van der Waals surface area (Å²) in [6.07, 6.45) is 0.403. The van der Waals surface area contributed by atoms with Crippen LogP contribution in [0.4, 0.5) is 4.79 Å². The summed E-state index contributed by atoms with van der Waals surface area (Å²) in [5, 5.41) is 0.508. The van der Waals surface area contributed by atoms with Crippen LogP contribution >= 0.6 is 23.5 Å². The third-order valence-electron chi connectivity index (χ3n) is 5.56. The van der Waals surface area contributed by atoms with Gasteiger partial charge in [0.15, 0.2) is 5.16 Å². The first-order valence-corrected chi connectivity index (χ1v) is 13.3. The van der Waals surface area contributed by atoms with Crippen LogP contribution in [0.15, 0.2) is 39.1 Å². The zero-order chi connectivity index (χ0) is 24.1. The van der Waals surface area contributed by atoms with Gasteiger partial charge < -0.3 is 19.3 Å². The maximum Gasteiger partial charge on any atom is 0.409 e. The Morgan fingerprint density at radius 1 is 1.06 bits per heavy atom. The summed E-state index contributed by atoms with van der Waals surface area (Å²) in [5.41, 5.74) is 1.39. The molecule has 0 atom stereocenters. The highest BCUT2D eigenvalue weighted by molar-refractivity contribution is 8.00. The number of aromatic nitrogens is 2. The Bertz CT molecular complexity index is 1100. The molecule has 3 heterocycles. The average molecular weight is 505 g/mol. The Kier molecular flexibility index (Phi) is 8.04. The summed E-state index contributed by atoms with van der Waals surface area (Å²) in [4.78, 5) is 46.9. The zero-order valence-corrected chi connectivity index (χ0v) is 21.0. The summed E-state index contributed by atoms with van der Waals surface area (Å²) in [6.45, 7) is 6.39. The van der Waals surface area contributed by atoms with Crippen LogP contribution in [0.2, 0.25) is 0 Å². The molecule has 9 nitrogen and oxygen atoms in total. The minimum Gasteiger partial charge on any atom is -0.494 e. The predicted molar refractivity (Wildman–Crippen MR) is 131 cm³/mol. The summed E-state index contributed by atoms with van der Waals surface area (Å²) >= 11 is 2.80. The minimum atomic E-state index is -0.344. The van der Waals surface area contributed by atoms with Crippen LogP contribution in [-0.4, -0.2) is 82.2 Å². The average Bonchev–Trinajstić information content (AvgIpc) is 3.33. The number of carbonyl (C=O) groups is 2. The van der Waals surface area contributed by atoms with Gasteiger partial charge in [0.1, 0.15) is 5.75 Å². The topological polar surface area (TPSA) is 94.0 Å². The van der Waals surface area contributed by atoms with E-state index in [1.54, 1.807) is 21.3 Å². The van der Waals surface area contributed by atoms with Gasteiger partial charge in [-0.2, -0.15) is 0 Å². The molecule has 11 heteroatoms. The van der Waals surface area contributed by atoms with E-state index in [1.165, 1.54) is 23.5 Å². The largest absolute Gasteiger partial charge is 0.494 e.